The Labute approximate surface area is 110 Å². The van der Waals surface area contributed by atoms with E-state index in [1.165, 1.54) is 6.07 Å². The average Bonchev–Trinajstić information content (AvgIpc) is 2.46. The van der Waals surface area contributed by atoms with Crippen LogP contribution in [0, 0.1) is 4.91 Å². The van der Waals surface area contributed by atoms with Gasteiger partial charge < -0.3 is 15.2 Å². The maximum atomic E-state index is 10.4. The van der Waals surface area contributed by atoms with Gasteiger partial charge in [0.15, 0.2) is 0 Å². The number of hydrogen-bond acceptors (Lipinski definition) is 6. The summed E-state index contributed by atoms with van der Waals surface area (Å²) < 4.78 is 10.5. The Bertz CT molecular complexity index is 570. The smallest absolute Gasteiger partial charge is 0.137 e. The molecular weight excluding hydrogens is 246 g/mol. The predicted octanol–water partition coefficient (Wildman–Crippen LogP) is 2.65. The lowest BCUT2D eigenvalue weighted by Gasteiger charge is -2.07. The third kappa shape index (κ3) is 3.19. The van der Waals surface area contributed by atoms with E-state index in [4.69, 9.17) is 15.2 Å². The third-order valence-electron chi connectivity index (χ3n) is 2.52. The van der Waals surface area contributed by atoms with Gasteiger partial charge in [-0.15, -0.1) is 4.91 Å². The lowest BCUT2D eigenvalue weighted by Crippen LogP contribution is -1.99. The van der Waals surface area contributed by atoms with Gasteiger partial charge >= 0.3 is 0 Å². The lowest BCUT2D eigenvalue weighted by atomic mass is 10.2. The molecule has 19 heavy (non-hydrogen) atoms. The van der Waals surface area contributed by atoms with Gasteiger partial charge in [-0.1, -0.05) is 0 Å². The molecule has 0 fully saturated rings. The fourth-order valence-corrected chi connectivity index (χ4v) is 1.48. The number of pyridine rings is 1. The zero-order valence-electron chi connectivity index (χ0n) is 10.4. The van der Waals surface area contributed by atoms with E-state index < -0.39 is 0 Å². The van der Waals surface area contributed by atoms with Gasteiger partial charge in [0.25, 0.3) is 0 Å². The standard InChI is InChI=1S/C13H13N3O3/c1-18-11-3-2-9(15-7-11)8-19-10-4-5-13(16-17)12(14)6-10/h2-7H,8,14H2,1H3. The number of nitroso groups, excluding NO2 is 1. The van der Waals surface area contributed by atoms with Crippen molar-refractivity contribution in [1.29, 1.82) is 0 Å². The molecule has 0 aliphatic carbocycles. The molecule has 0 spiro atoms. The highest BCUT2D eigenvalue weighted by molar-refractivity contribution is 5.64. The second-order valence-corrected chi connectivity index (χ2v) is 3.79. The SMILES string of the molecule is COc1ccc(COc2ccc(N=O)c(N)c2)nc1. The molecular formula is C13H13N3O3. The van der Waals surface area contributed by atoms with Crippen molar-refractivity contribution in [3.05, 3.63) is 47.1 Å². The molecule has 0 saturated carbocycles. The van der Waals surface area contributed by atoms with E-state index in [1.54, 1.807) is 31.5 Å². The third-order valence-corrected chi connectivity index (χ3v) is 2.52. The number of hydrogen-bond donors (Lipinski definition) is 1. The van der Waals surface area contributed by atoms with Gasteiger partial charge in [-0.2, -0.15) is 0 Å². The maximum absolute atomic E-state index is 10.4. The minimum Gasteiger partial charge on any atom is -0.495 e. The monoisotopic (exact) mass is 259 g/mol. The van der Waals surface area contributed by atoms with Crippen LogP contribution >= 0.6 is 0 Å². The summed E-state index contributed by atoms with van der Waals surface area (Å²) in [5.74, 6) is 1.25. The molecule has 0 aliphatic heterocycles. The summed E-state index contributed by atoms with van der Waals surface area (Å²) in [5, 5.41) is 2.79. The number of nitrogens with two attached hydrogens (primary N) is 1. The topological polar surface area (TPSA) is 86.8 Å². The summed E-state index contributed by atoms with van der Waals surface area (Å²) in [4.78, 5) is 14.6. The van der Waals surface area contributed by atoms with Crippen molar-refractivity contribution in [1.82, 2.24) is 4.98 Å². The van der Waals surface area contributed by atoms with E-state index >= 15 is 0 Å². The fourth-order valence-electron chi connectivity index (χ4n) is 1.48. The number of anilines is 1. The summed E-state index contributed by atoms with van der Waals surface area (Å²) in [7, 11) is 1.58. The van der Waals surface area contributed by atoms with E-state index in [1.807, 2.05) is 6.07 Å². The van der Waals surface area contributed by atoms with Crippen molar-refractivity contribution in [3.63, 3.8) is 0 Å². The van der Waals surface area contributed by atoms with E-state index in [-0.39, 0.29) is 11.4 Å². The van der Waals surface area contributed by atoms with Gasteiger partial charge in [-0.25, -0.2) is 0 Å². The van der Waals surface area contributed by atoms with Gasteiger partial charge in [0.1, 0.15) is 23.8 Å². The predicted molar refractivity (Wildman–Crippen MR) is 71.4 cm³/mol. The molecule has 2 rings (SSSR count). The molecule has 0 unspecified atom stereocenters. The Morgan fingerprint density at radius 1 is 1.26 bits per heavy atom. The quantitative estimate of drug-likeness (QED) is 0.658. The number of ether oxygens (including phenoxy) is 2. The van der Waals surface area contributed by atoms with Crippen molar-refractivity contribution >= 4 is 11.4 Å². The molecule has 2 aromatic rings. The van der Waals surface area contributed by atoms with Crippen molar-refractivity contribution in [3.8, 4) is 11.5 Å². The second-order valence-electron chi connectivity index (χ2n) is 3.79. The average molecular weight is 259 g/mol. The van der Waals surface area contributed by atoms with Crippen LogP contribution in [-0.2, 0) is 6.61 Å². The molecule has 0 aliphatic rings. The highest BCUT2D eigenvalue weighted by Gasteiger charge is 2.03. The fraction of sp³-hybridized carbons (Fsp3) is 0.154. The molecule has 0 atom stereocenters. The van der Waals surface area contributed by atoms with Crippen LogP contribution in [-0.4, -0.2) is 12.1 Å². The van der Waals surface area contributed by atoms with Crippen molar-refractivity contribution in [2.75, 3.05) is 12.8 Å². The highest BCUT2D eigenvalue weighted by atomic mass is 16.5. The minimum atomic E-state index is 0.204. The molecule has 1 heterocycles. The zero-order chi connectivity index (χ0) is 13.7. The van der Waals surface area contributed by atoms with Crippen LogP contribution in [0.15, 0.2) is 41.7 Å². The summed E-state index contributed by atoms with van der Waals surface area (Å²) in [6.07, 6.45) is 1.62. The lowest BCUT2D eigenvalue weighted by molar-refractivity contribution is 0.301. The second kappa shape index (κ2) is 5.81. The number of nitrogen functional groups attached to an aromatic ring is 1. The molecule has 0 radical (unpaired) electrons. The summed E-state index contributed by atoms with van der Waals surface area (Å²) in [6.45, 7) is 0.303. The molecule has 2 N–H and O–H groups in total. The molecule has 1 aromatic heterocycles. The van der Waals surface area contributed by atoms with Crippen molar-refractivity contribution in [2.45, 2.75) is 6.61 Å². The first kappa shape index (κ1) is 12.8. The van der Waals surface area contributed by atoms with Gasteiger partial charge in [-0.3, -0.25) is 4.98 Å². The zero-order valence-corrected chi connectivity index (χ0v) is 10.4. The normalized spacial score (nSPS) is 9.95. The van der Waals surface area contributed by atoms with Gasteiger partial charge in [0.2, 0.25) is 0 Å². The molecule has 98 valence electrons. The maximum Gasteiger partial charge on any atom is 0.137 e. The molecule has 1 aromatic carbocycles. The van der Waals surface area contributed by atoms with Crippen LogP contribution in [0.25, 0.3) is 0 Å². The summed E-state index contributed by atoms with van der Waals surface area (Å²) in [5.41, 5.74) is 6.88. The molecule has 0 bridgehead atoms. The van der Waals surface area contributed by atoms with E-state index in [2.05, 4.69) is 10.2 Å². The van der Waals surface area contributed by atoms with Crippen LogP contribution in [0.2, 0.25) is 0 Å². The number of nitrogens with zero attached hydrogens (tertiary/aromatic N) is 2. The number of aromatic nitrogens is 1. The number of rotatable bonds is 5. The Morgan fingerprint density at radius 2 is 2.05 bits per heavy atom. The Morgan fingerprint density at radius 3 is 2.63 bits per heavy atom. The molecule has 0 amide bonds. The van der Waals surface area contributed by atoms with Gasteiger partial charge in [-0.05, 0) is 29.4 Å². The van der Waals surface area contributed by atoms with Crippen molar-refractivity contribution in [2.24, 2.45) is 5.18 Å². The molecule has 6 heteroatoms. The van der Waals surface area contributed by atoms with Crippen LogP contribution < -0.4 is 15.2 Å². The number of benzene rings is 1. The van der Waals surface area contributed by atoms with Crippen LogP contribution in [0.3, 0.4) is 0 Å². The molecule has 6 nitrogen and oxygen atoms in total. The minimum absolute atomic E-state index is 0.204. The summed E-state index contributed by atoms with van der Waals surface area (Å²) in [6, 6.07) is 8.32. The van der Waals surface area contributed by atoms with Crippen LogP contribution in [0.1, 0.15) is 5.69 Å². The largest absolute Gasteiger partial charge is 0.495 e. The first-order chi connectivity index (χ1) is 9.22. The highest BCUT2D eigenvalue weighted by Crippen LogP contribution is 2.26. The van der Waals surface area contributed by atoms with E-state index in [0.29, 0.717) is 18.1 Å². The van der Waals surface area contributed by atoms with Gasteiger partial charge in [0, 0.05) is 6.07 Å². The Balaban J connectivity index is 2.01. The van der Waals surface area contributed by atoms with Crippen LogP contribution in [0.4, 0.5) is 11.4 Å². The number of methoxy groups -OCH3 is 1. The Hall–Kier alpha value is -2.63. The first-order valence-electron chi connectivity index (χ1n) is 5.57. The Kier molecular flexibility index (Phi) is 3.92. The van der Waals surface area contributed by atoms with E-state index in [9.17, 15) is 4.91 Å². The van der Waals surface area contributed by atoms with Gasteiger partial charge in [0.05, 0.1) is 24.7 Å². The first-order valence-corrected chi connectivity index (χ1v) is 5.57. The van der Waals surface area contributed by atoms with Crippen LogP contribution in [0.5, 0.6) is 11.5 Å². The molecule has 0 saturated heterocycles. The summed E-state index contributed by atoms with van der Waals surface area (Å²) >= 11 is 0. The van der Waals surface area contributed by atoms with Crippen molar-refractivity contribution < 1.29 is 9.47 Å². The van der Waals surface area contributed by atoms with E-state index in [0.717, 1.165) is 5.69 Å².